The molecule has 0 unspecified atom stereocenters. The molecule has 1 aliphatic rings. The number of fused-ring (bicyclic) bond motifs is 1. The third-order valence-electron chi connectivity index (χ3n) is 7.45. The number of allylic oxidation sites excluding steroid dienone is 1. The van der Waals surface area contributed by atoms with Crippen LogP contribution in [0.15, 0.2) is 80.1 Å². The van der Waals surface area contributed by atoms with Crippen LogP contribution < -0.4 is 14.9 Å². The van der Waals surface area contributed by atoms with Crippen LogP contribution in [-0.4, -0.2) is 28.2 Å². The minimum Gasteiger partial charge on any atom is -0.478 e. The first-order valence-corrected chi connectivity index (χ1v) is 15.2. The molecule has 0 aliphatic carbocycles. The molecule has 0 fully saturated rings. The van der Waals surface area contributed by atoms with Crippen LogP contribution in [0, 0.1) is 6.92 Å². The van der Waals surface area contributed by atoms with Gasteiger partial charge in [-0.05, 0) is 67.1 Å². The molecule has 4 aromatic rings. The van der Waals surface area contributed by atoms with Crippen LogP contribution in [0.25, 0.3) is 17.4 Å². The number of rotatable bonds is 9. The average Bonchev–Trinajstić information content (AvgIpc) is 3.56. The van der Waals surface area contributed by atoms with Gasteiger partial charge in [-0.15, -0.1) is 0 Å². The Labute approximate surface area is 253 Å². The fourth-order valence-corrected chi connectivity index (χ4v) is 6.28. The number of aryl methyl sites for hydroxylation is 1. The average molecular weight is 599 g/mol. The van der Waals surface area contributed by atoms with Crippen LogP contribution >= 0.6 is 11.3 Å². The zero-order valence-corrected chi connectivity index (χ0v) is 25.7. The summed E-state index contributed by atoms with van der Waals surface area (Å²) in [5.41, 5.74) is 4.44. The minimum atomic E-state index is -0.993. The van der Waals surface area contributed by atoms with Gasteiger partial charge in [-0.2, -0.15) is 0 Å². The molecular formula is C34H34N2O6S. The zero-order valence-electron chi connectivity index (χ0n) is 24.8. The minimum absolute atomic E-state index is 0.201. The normalized spacial score (nSPS) is 15.0. The second-order valence-corrected chi connectivity index (χ2v) is 11.8. The standard InChI is InChI=1S/C34H34N2O6S/c1-6-8-26-29(33(40)41-7-2)30(22-11-9-21(10-12-22)19(3)4)36-31(37)28(43-34(36)35-26)18-24-14-16-27(42-24)25-15-13-23(32(38)39)17-20(25)5/h9-19,30H,6-8H2,1-5H3,(H,38,39)/b28-18-/t30-/m0/s1. The van der Waals surface area contributed by atoms with Gasteiger partial charge in [-0.1, -0.05) is 68.9 Å². The van der Waals surface area contributed by atoms with Crippen LogP contribution in [-0.2, 0) is 9.53 Å². The van der Waals surface area contributed by atoms with Crippen molar-refractivity contribution >= 4 is 29.4 Å². The Morgan fingerprint density at radius 2 is 1.86 bits per heavy atom. The highest BCUT2D eigenvalue weighted by Gasteiger charge is 2.34. The van der Waals surface area contributed by atoms with Gasteiger partial charge in [0.15, 0.2) is 4.80 Å². The number of carboxylic acids is 1. The van der Waals surface area contributed by atoms with E-state index in [1.165, 1.54) is 17.4 Å². The van der Waals surface area contributed by atoms with Crippen LogP contribution in [0.5, 0.6) is 0 Å². The number of ether oxygens (including phenoxy) is 1. The van der Waals surface area contributed by atoms with E-state index in [0.29, 0.717) is 44.5 Å². The third kappa shape index (κ3) is 5.90. The summed E-state index contributed by atoms with van der Waals surface area (Å²) in [5, 5.41) is 9.28. The van der Waals surface area contributed by atoms with Gasteiger partial charge in [0.05, 0.1) is 34.0 Å². The van der Waals surface area contributed by atoms with Crippen molar-refractivity contribution in [3.63, 3.8) is 0 Å². The zero-order chi connectivity index (χ0) is 30.8. The quantitative estimate of drug-likeness (QED) is 0.238. The van der Waals surface area contributed by atoms with Crippen LogP contribution in [0.2, 0.25) is 0 Å². The van der Waals surface area contributed by atoms with E-state index in [-0.39, 0.29) is 17.7 Å². The number of aromatic carboxylic acids is 1. The summed E-state index contributed by atoms with van der Waals surface area (Å²) in [6.07, 6.45) is 3.03. The highest BCUT2D eigenvalue weighted by molar-refractivity contribution is 7.07. The molecule has 0 saturated heterocycles. The molecule has 0 radical (unpaired) electrons. The first-order valence-electron chi connectivity index (χ1n) is 14.4. The maximum absolute atomic E-state index is 14.0. The highest BCUT2D eigenvalue weighted by atomic mass is 32.1. The molecule has 0 saturated carbocycles. The van der Waals surface area contributed by atoms with Gasteiger partial charge >= 0.3 is 11.9 Å². The van der Waals surface area contributed by atoms with Gasteiger partial charge in [0.2, 0.25) is 0 Å². The second-order valence-electron chi connectivity index (χ2n) is 10.8. The fourth-order valence-electron chi connectivity index (χ4n) is 5.28. The molecule has 0 bridgehead atoms. The van der Waals surface area contributed by atoms with Crippen molar-refractivity contribution < 1.29 is 23.8 Å². The molecule has 3 heterocycles. The SMILES string of the molecule is CCCC1=C(C(=O)OCC)[C@H](c2ccc(C(C)C)cc2)n2c(s/c(=C\c3ccc(-c4ccc(C(=O)O)cc4C)o3)c2=O)=N1. The first-order chi connectivity index (χ1) is 20.6. The molecule has 2 aromatic carbocycles. The maximum Gasteiger partial charge on any atom is 0.338 e. The van der Waals surface area contributed by atoms with Gasteiger partial charge < -0.3 is 14.3 Å². The molecule has 1 aliphatic heterocycles. The molecule has 2 aromatic heterocycles. The summed E-state index contributed by atoms with van der Waals surface area (Å²) in [6, 6.07) is 15.8. The topological polar surface area (TPSA) is 111 Å². The molecule has 1 atom stereocenters. The summed E-state index contributed by atoms with van der Waals surface area (Å²) in [5.74, 6) is -0.0946. The van der Waals surface area contributed by atoms with Crippen LogP contribution in [0.1, 0.15) is 85.3 Å². The van der Waals surface area contributed by atoms with Gasteiger partial charge in [0.25, 0.3) is 5.56 Å². The molecule has 0 amide bonds. The van der Waals surface area contributed by atoms with Gasteiger partial charge in [-0.25, -0.2) is 14.6 Å². The van der Waals surface area contributed by atoms with Crippen molar-refractivity contribution in [1.29, 1.82) is 0 Å². The number of hydrogen-bond acceptors (Lipinski definition) is 7. The Morgan fingerprint density at radius 3 is 2.49 bits per heavy atom. The lowest BCUT2D eigenvalue weighted by Gasteiger charge is -2.26. The lowest BCUT2D eigenvalue weighted by molar-refractivity contribution is -0.139. The van der Waals surface area contributed by atoms with E-state index in [2.05, 4.69) is 13.8 Å². The molecule has 8 nitrogen and oxygen atoms in total. The number of carbonyl (C=O) groups excluding carboxylic acids is 1. The predicted octanol–water partition coefficient (Wildman–Crippen LogP) is 5.97. The molecule has 0 spiro atoms. The Kier molecular flexibility index (Phi) is 8.64. The van der Waals surface area contributed by atoms with Crippen molar-refractivity contribution in [1.82, 2.24) is 4.57 Å². The lowest BCUT2D eigenvalue weighted by Crippen LogP contribution is -2.40. The molecular weight excluding hydrogens is 564 g/mol. The largest absolute Gasteiger partial charge is 0.478 e. The summed E-state index contributed by atoms with van der Waals surface area (Å²) in [4.78, 5) is 44.0. The van der Waals surface area contributed by atoms with E-state index < -0.39 is 18.0 Å². The Balaban J connectivity index is 1.64. The van der Waals surface area contributed by atoms with Crippen LogP contribution in [0.4, 0.5) is 0 Å². The van der Waals surface area contributed by atoms with Gasteiger partial charge in [0.1, 0.15) is 11.5 Å². The Bertz CT molecular complexity index is 1910. The third-order valence-corrected chi connectivity index (χ3v) is 8.43. The molecule has 222 valence electrons. The highest BCUT2D eigenvalue weighted by Crippen LogP contribution is 2.33. The van der Waals surface area contributed by atoms with Crippen molar-refractivity contribution in [2.45, 2.75) is 59.4 Å². The van der Waals surface area contributed by atoms with Crippen molar-refractivity contribution in [3.05, 3.63) is 114 Å². The number of furan rings is 1. The number of nitrogens with zero attached hydrogens (tertiary/aromatic N) is 2. The van der Waals surface area contributed by atoms with E-state index in [9.17, 15) is 19.5 Å². The number of thiazole rings is 1. The number of benzene rings is 2. The van der Waals surface area contributed by atoms with E-state index in [4.69, 9.17) is 14.1 Å². The van der Waals surface area contributed by atoms with E-state index in [1.807, 2.05) is 38.1 Å². The number of carboxylic acid groups (broad SMARTS) is 1. The van der Waals surface area contributed by atoms with Crippen molar-refractivity contribution in [2.24, 2.45) is 4.99 Å². The van der Waals surface area contributed by atoms with Crippen LogP contribution in [0.3, 0.4) is 0 Å². The number of esters is 1. The Morgan fingerprint density at radius 1 is 1.12 bits per heavy atom. The van der Waals surface area contributed by atoms with Gasteiger partial charge in [-0.3, -0.25) is 9.36 Å². The van der Waals surface area contributed by atoms with E-state index in [0.717, 1.165) is 28.7 Å². The van der Waals surface area contributed by atoms with E-state index in [1.54, 1.807) is 41.8 Å². The molecule has 43 heavy (non-hydrogen) atoms. The maximum atomic E-state index is 14.0. The van der Waals surface area contributed by atoms with Crippen molar-refractivity contribution in [3.8, 4) is 11.3 Å². The predicted molar refractivity (Wildman–Crippen MR) is 166 cm³/mol. The summed E-state index contributed by atoms with van der Waals surface area (Å²) >= 11 is 1.25. The lowest BCUT2D eigenvalue weighted by atomic mass is 9.92. The first kappa shape index (κ1) is 30.0. The van der Waals surface area contributed by atoms with E-state index >= 15 is 0 Å². The number of carbonyl (C=O) groups is 2. The number of aromatic nitrogens is 1. The summed E-state index contributed by atoms with van der Waals surface area (Å²) < 4.78 is 13.6. The van der Waals surface area contributed by atoms with Gasteiger partial charge in [0, 0.05) is 11.6 Å². The van der Waals surface area contributed by atoms with Crippen molar-refractivity contribution in [2.75, 3.05) is 6.61 Å². The monoisotopic (exact) mass is 598 g/mol. The smallest absolute Gasteiger partial charge is 0.338 e. The summed E-state index contributed by atoms with van der Waals surface area (Å²) in [7, 11) is 0. The fraction of sp³-hybridized carbons (Fsp3) is 0.294. The number of hydrogen-bond donors (Lipinski definition) is 1. The molecule has 5 rings (SSSR count). The molecule has 9 heteroatoms. The Hall–Kier alpha value is -4.50. The molecule has 1 N–H and O–H groups in total. The summed E-state index contributed by atoms with van der Waals surface area (Å²) in [6.45, 7) is 10.1. The second kappa shape index (κ2) is 12.4.